The summed E-state index contributed by atoms with van der Waals surface area (Å²) in [5.74, 6) is 0.186. The number of hydrogen-bond acceptors (Lipinski definition) is 3. The Morgan fingerprint density at radius 2 is 1.85 bits per heavy atom. The molecule has 4 rings (SSSR count). The summed E-state index contributed by atoms with van der Waals surface area (Å²) in [4.78, 5) is 15.2. The molecule has 0 saturated carbocycles. The molecule has 1 amide bonds. The fourth-order valence-corrected chi connectivity index (χ4v) is 5.30. The average molecular weight is 449 g/mol. The van der Waals surface area contributed by atoms with Crippen molar-refractivity contribution in [2.45, 2.75) is 37.0 Å². The van der Waals surface area contributed by atoms with Crippen LogP contribution in [0.4, 0.5) is 5.69 Å². The van der Waals surface area contributed by atoms with Crippen molar-refractivity contribution in [1.29, 1.82) is 0 Å². The number of primary sulfonamides is 1. The molecule has 0 spiro atoms. The van der Waals surface area contributed by atoms with Gasteiger partial charge in [-0.3, -0.25) is 4.79 Å². The van der Waals surface area contributed by atoms with Gasteiger partial charge in [0, 0.05) is 28.5 Å². The quantitative estimate of drug-likeness (QED) is 0.762. The van der Waals surface area contributed by atoms with Crippen molar-refractivity contribution in [3.8, 4) is 0 Å². The number of benzene rings is 2. The molecule has 0 saturated heterocycles. The van der Waals surface area contributed by atoms with Crippen molar-refractivity contribution in [1.82, 2.24) is 0 Å². The zero-order valence-electron chi connectivity index (χ0n) is 15.1. The third-order valence-corrected chi connectivity index (χ3v) is 7.24. The second kappa shape index (κ2) is 6.43. The van der Waals surface area contributed by atoms with Crippen LogP contribution in [0.1, 0.15) is 42.4 Å². The standard InChI is InChI=1S/C20H21BrN2O3S/c1-11-10-23(19-9-15(27(22,25)26)4-6-16(11)19)20(24)18-8-13-7-14(21)3-5-17(13)12(18)2/h3-7,9,11-12,18H,8,10H2,1-2H3,(H2,22,25,26)/t11?,12-,18-/m1/s1. The number of nitrogens with two attached hydrogens (primary N) is 1. The monoisotopic (exact) mass is 448 g/mol. The van der Waals surface area contributed by atoms with Crippen molar-refractivity contribution >= 4 is 37.5 Å². The van der Waals surface area contributed by atoms with E-state index in [1.165, 1.54) is 23.3 Å². The first-order chi connectivity index (χ1) is 12.7. The zero-order valence-corrected chi connectivity index (χ0v) is 17.5. The summed E-state index contributed by atoms with van der Waals surface area (Å²) < 4.78 is 24.5. The Balaban J connectivity index is 1.69. The van der Waals surface area contributed by atoms with E-state index in [1.54, 1.807) is 11.0 Å². The van der Waals surface area contributed by atoms with Crippen molar-refractivity contribution in [2.75, 3.05) is 11.4 Å². The maximum absolute atomic E-state index is 13.4. The molecule has 1 aliphatic heterocycles. The van der Waals surface area contributed by atoms with Gasteiger partial charge in [-0.25, -0.2) is 13.6 Å². The van der Waals surface area contributed by atoms with Gasteiger partial charge in [0.2, 0.25) is 15.9 Å². The molecule has 1 aliphatic carbocycles. The van der Waals surface area contributed by atoms with E-state index in [-0.39, 0.29) is 28.6 Å². The van der Waals surface area contributed by atoms with Gasteiger partial charge in [-0.05, 0) is 53.3 Å². The Labute approximate surface area is 167 Å². The van der Waals surface area contributed by atoms with Gasteiger partial charge in [0.05, 0.1) is 4.90 Å². The Morgan fingerprint density at radius 1 is 1.15 bits per heavy atom. The maximum atomic E-state index is 13.4. The largest absolute Gasteiger partial charge is 0.311 e. The number of fused-ring (bicyclic) bond motifs is 2. The number of carbonyl (C=O) groups excluding carboxylic acids is 1. The molecule has 7 heteroatoms. The molecule has 0 aromatic heterocycles. The van der Waals surface area contributed by atoms with Crippen LogP contribution in [-0.4, -0.2) is 20.9 Å². The summed E-state index contributed by atoms with van der Waals surface area (Å²) in [5.41, 5.74) is 4.06. The molecule has 0 radical (unpaired) electrons. The highest BCUT2D eigenvalue weighted by Gasteiger charge is 2.40. The number of amides is 1. The summed E-state index contributed by atoms with van der Waals surface area (Å²) in [5, 5.41) is 5.29. The summed E-state index contributed by atoms with van der Waals surface area (Å²) in [6.07, 6.45) is 0.698. The fraction of sp³-hybridized carbons (Fsp3) is 0.350. The van der Waals surface area contributed by atoms with Crippen molar-refractivity contribution in [3.63, 3.8) is 0 Å². The lowest BCUT2D eigenvalue weighted by atomic mass is 9.93. The maximum Gasteiger partial charge on any atom is 0.238 e. The number of rotatable bonds is 2. The lowest BCUT2D eigenvalue weighted by molar-refractivity contribution is -0.122. The van der Waals surface area contributed by atoms with Crippen LogP contribution in [0.3, 0.4) is 0 Å². The minimum atomic E-state index is -3.81. The molecular formula is C20H21BrN2O3S. The number of anilines is 1. The first-order valence-corrected chi connectivity index (χ1v) is 11.3. The predicted molar refractivity (Wildman–Crippen MR) is 108 cm³/mol. The second-order valence-electron chi connectivity index (χ2n) is 7.56. The highest BCUT2D eigenvalue weighted by Crippen LogP contribution is 2.43. The Morgan fingerprint density at radius 3 is 2.56 bits per heavy atom. The van der Waals surface area contributed by atoms with E-state index >= 15 is 0 Å². The first-order valence-electron chi connectivity index (χ1n) is 8.93. The van der Waals surface area contributed by atoms with Gasteiger partial charge in [0.25, 0.3) is 0 Å². The third kappa shape index (κ3) is 3.11. The molecule has 2 aromatic carbocycles. The number of halogens is 1. The molecule has 2 aromatic rings. The Kier molecular flexibility index (Phi) is 4.44. The zero-order chi connectivity index (χ0) is 19.5. The molecule has 0 fully saturated rings. The van der Waals surface area contributed by atoms with Crippen LogP contribution in [0.5, 0.6) is 0 Å². The summed E-state index contributed by atoms with van der Waals surface area (Å²) in [6, 6.07) is 11.0. The summed E-state index contributed by atoms with van der Waals surface area (Å²) in [7, 11) is -3.81. The van der Waals surface area contributed by atoms with Crippen molar-refractivity contribution < 1.29 is 13.2 Å². The molecular weight excluding hydrogens is 428 g/mol. The minimum Gasteiger partial charge on any atom is -0.311 e. The van der Waals surface area contributed by atoms with Gasteiger partial charge in [-0.15, -0.1) is 0 Å². The van der Waals surface area contributed by atoms with Crippen LogP contribution in [-0.2, 0) is 21.2 Å². The SMILES string of the molecule is CC1CN(C(=O)[C@@H]2Cc3cc(Br)ccc3[C@H]2C)c2cc(S(N)(=O)=O)ccc21. The molecule has 142 valence electrons. The van der Waals surface area contributed by atoms with Gasteiger partial charge in [0.1, 0.15) is 0 Å². The van der Waals surface area contributed by atoms with E-state index in [2.05, 4.69) is 35.0 Å². The highest BCUT2D eigenvalue weighted by atomic mass is 79.9. The van der Waals surface area contributed by atoms with E-state index < -0.39 is 10.0 Å². The van der Waals surface area contributed by atoms with Gasteiger partial charge < -0.3 is 4.90 Å². The Bertz CT molecular complexity index is 1050. The number of sulfonamides is 1. The normalized spacial score (nSPS) is 24.0. The lowest BCUT2D eigenvalue weighted by Gasteiger charge is -2.24. The van der Waals surface area contributed by atoms with Crippen LogP contribution in [0.2, 0.25) is 0 Å². The van der Waals surface area contributed by atoms with E-state index in [9.17, 15) is 13.2 Å². The van der Waals surface area contributed by atoms with E-state index in [0.29, 0.717) is 18.7 Å². The molecule has 5 nitrogen and oxygen atoms in total. The van der Waals surface area contributed by atoms with Gasteiger partial charge in [0.15, 0.2) is 0 Å². The topological polar surface area (TPSA) is 80.5 Å². The lowest BCUT2D eigenvalue weighted by Crippen LogP contribution is -2.36. The molecule has 2 aliphatic rings. The second-order valence-corrected chi connectivity index (χ2v) is 10.0. The first kappa shape index (κ1) is 18.7. The molecule has 27 heavy (non-hydrogen) atoms. The molecule has 1 heterocycles. The van der Waals surface area contributed by atoms with Crippen LogP contribution in [0.25, 0.3) is 0 Å². The third-order valence-electron chi connectivity index (χ3n) is 5.83. The molecule has 0 bridgehead atoms. The number of hydrogen-bond donors (Lipinski definition) is 1. The van der Waals surface area contributed by atoms with Gasteiger partial charge >= 0.3 is 0 Å². The van der Waals surface area contributed by atoms with E-state index in [0.717, 1.165) is 10.0 Å². The van der Waals surface area contributed by atoms with E-state index in [1.807, 2.05) is 13.0 Å². The summed E-state index contributed by atoms with van der Waals surface area (Å²) >= 11 is 3.50. The minimum absolute atomic E-state index is 0.0415. The van der Waals surface area contributed by atoms with Crippen LogP contribution in [0.15, 0.2) is 45.8 Å². The molecule has 1 unspecified atom stereocenters. The Hall–Kier alpha value is -1.70. The van der Waals surface area contributed by atoms with Crippen molar-refractivity contribution in [3.05, 3.63) is 57.6 Å². The average Bonchev–Trinajstić information content (AvgIpc) is 3.11. The summed E-state index contributed by atoms with van der Waals surface area (Å²) in [6.45, 7) is 4.70. The van der Waals surface area contributed by atoms with Crippen LogP contribution < -0.4 is 10.0 Å². The van der Waals surface area contributed by atoms with Gasteiger partial charge in [-0.2, -0.15) is 0 Å². The fourth-order valence-electron chi connectivity index (χ4n) is 4.36. The number of nitrogens with zero attached hydrogens (tertiary/aromatic N) is 1. The highest BCUT2D eigenvalue weighted by molar-refractivity contribution is 9.10. The van der Waals surface area contributed by atoms with Gasteiger partial charge in [-0.1, -0.05) is 41.9 Å². The molecule has 3 atom stereocenters. The van der Waals surface area contributed by atoms with Crippen LogP contribution >= 0.6 is 15.9 Å². The smallest absolute Gasteiger partial charge is 0.238 e. The molecule has 2 N–H and O–H groups in total. The van der Waals surface area contributed by atoms with Crippen LogP contribution in [0, 0.1) is 5.92 Å². The van der Waals surface area contributed by atoms with E-state index in [4.69, 9.17) is 5.14 Å². The number of carbonyl (C=O) groups is 1. The van der Waals surface area contributed by atoms with Crippen molar-refractivity contribution in [2.24, 2.45) is 11.1 Å². The predicted octanol–water partition coefficient (Wildman–Crippen LogP) is 3.52.